The Morgan fingerprint density at radius 3 is 2.62 bits per heavy atom. The van der Waals surface area contributed by atoms with Crippen LogP contribution in [0.25, 0.3) is 11.0 Å². The van der Waals surface area contributed by atoms with Crippen LogP contribution < -0.4 is 0 Å². The number of aromatic nitrogens is 2. The average molecular weight is 504 g/mol. The van der Waals surface area contributed by atoms with E-state index in [-0.39, 0.29) is 4.90 Å². The molecule has 0 amide bonds. The highest BCUT2D eigenvalue weighted by Crippen LogP contribution is 2.30. The molecule has 9 heteroatoms. The molecule has 184 valence electrons. The Morgan fingerprint density at radius 1 is 1.09 bits per heavy atom. The summed E-state index contributed by atoms with van der Waals surface area (Å²) in [5.74, 6) is 0.800. The molecule has 0 saturated carbocycles. The van der Waals surface area contributed by atoms with Gasteiger partial charge in [0.25, 0.3) is 0 Å². The van der Waals surface area contributed by atoms with Gasteiger partial charge in [-0.15, -0.1) is 0 Å². The number of fused-ring (bicyclic) bond motifs is 1. The number of thioether (sulfide) groups is 1. The van der Waals surface area contributed by atoms with Crippen LogP contribution in [-0.4, -0.2) is 61.8 Å². The molecule has 0 bridgehead atoms. The molecule has 0 atom stereocenters. The van der Waals surface area contributed by atoms with Crippen molar-refractivity contribution < 1.29 is 17.9 Å². The number of benzene rings is 2. The second kappa shape index (κ2) is 11.2. The zero-order valence-corrected chi connectivity index (χ0v) is 21.8. The Hall–Kier alpha value is -1.91. The van der Waals surface area contributed by atoms with Crippen LogP contribution in [-0.2, 0) is 31.8 Å². The van der Waals surface area contributed by atoms with E-state index in [0.29, 0.717) is 45.0 Å². The molecule has 0 N–H and O–H groups in total. The summed E-state index contributed by atoms with van der Waals surface area (Å²) in [6.07, 6.45) is 0.865. The Labute approximate surface area is 206 Å². The van der Waals surface area contributed by atoms with Crippen LogP contribution in [0, 0.1) is 13.8 Å². The number of morpholine rings is 1. The lowest BCUT2D eigenvalue weighted by Crippen LogP contribution is -2.40. The first-order chi connectivity index (χ1) is 16.4. The van der Waals surface area contributed by atoms with E-state index in [1.165, 1.54) is 21.0 Å². The van der Waals surface area contributed by atoms with Crippen LogP contribution in [0.1, 0.15) is 30.0 Å². The Morgan fingerprint density at radius 2 is 1.88 bits per heavy atom. The zero-order valence-electron chi connectivity index (χ0n) is 20.1. The third kappa shape index (κ3) is 5.66. The van der Waals surface area contributed by atoms with Gasteiger partial charge in [0.2, 0.25) is 10.0 Å². The highest BCUT2D eigenvalue weighted by Gasteiger charge is 2.27. The molecule has 0 radical (unpaired) electrons. The Bertz CT molecular complexity index is 1230. The highest BCUT2D eigenvalue weighted by atomic mass is 32.2. The van der Waals surface area contributed by atoms with Gasteiger partial charge in [0.15, 0.2) is 5.16 Å². The molecule has 2 heterocycles. The van der Waals surface area contributed by atoms with E-state index in [2.05, 4.69) is 36.6 Å². The SMILES string of the molecule is CCOCCCn1c(SCc2ccc(C)c(C)c2)nc2cc(S(=O)(=O)N3CCOCC3)ccc21. The molecule has 4 rings (SSSR count). The lowest BCUT2D eigenvalue weighted by molar-refractivity contribution is 0.0730. The van der Waals surface area contributed by atoms with Crippen molar-refractivity contribution >= 4 is 32.8 Å². The molecular weight excluding hydrogens is 470 g/mol. The van der Waals surface area contributed by atoms with Gasteiger partial charge in [0, 0.05) is 38.6 Å². The summed E-state index contributed by atoms with van der Waals surface area (Å²) >= 11 is 1.68. The van der Waals surface area contributed by atoms with E-state index in [1.807, 2.05) is 13.0 Å². The van der Waals surface area contributed by atoms with Crippen molar-refractivity contribution in [2.45, 2.75) is 49.5 Å². The van der Waals surface area contributed by atoms with Gasteiger partial charge in [-0.25, -0.2) is 13.4 Å². The van der Waals surface area contributed by atoms with Gasteiger partial charge in [0.05, 0.1) is 29.1 Å². The predicted octanol–water partition coefficient (Wildman–Crippen LogP) is 4.39. The third-order valence-electron chi connectivity index (χ3n) is 6.11. The minimum Gasteiger partial charge on any atom is -0.382 e. The lowest BCUT2D eigenvalue weighted by atomic mass is 10.1. The van der Waals surface area contributed by atoms with Crippen LogP contribution in [0.4, 0.5) is 0 Å². The van der Waals surface area contributed by atoms with Crippen molar-refractivity contribution in [1.29, 1.82) is 0 Å². The van der Waals surface area contributed by atoms with Gasteiger partial charge in [0.1, 0.15) is 0 Å². The maximum atomic E-state index is 13.2. The maximum Gasteiger partial charge on any atom is 0.243 e. The summed E-state index contributed by atoms with van der Waals surface area (Å²) in [5.41, 5.74) is 5.46. The van der Waals surface area contributed by atoms with E-state index in [4.69, 9.17) is 14.5 Å². The molecular formula is C25H33N3O4S2. The van der Waals surface area contributed by atoms with Crippen molar-refractivity contribution in [2.24, 2.45) is 0 Å². The third-order valence-corrected chi connectivity index (χ3v) is 9.05. The van der Waals surface area contributed by atoms with Crippen LogP contribution in [0.2, 0.25) is 0 Å². The molecule has 0 aliphatic carbocycles. The number of sulfonamides is 1. The molecule has 3 aromatic rings. The predicted molar refractivity (Wildman–Crippen MR) is 136 cm³/mol. The van der Waals surface area contributed by atoms with Crippen LogP contribution >= 0.6 is 11.8 Å². The molecule has 2 aromatic carbocycles. The molecule has 0 unspecified atom stereocenters. The number of rotatable bonds is 10. The summed E-state index contributed by atoms with van der Waals surface area (Å²) in [6, 6.07) is 11.8. The minimum absolute atomic E-state index is 0.284. The largest absolute Gasteiger partial charge is 0.382 e. The number of ether oxygens (including phenoxy) is 2. The number of hydrogen-bond acceptors (Lipinski definition) is 6. The minimum atomic E-state index is -3.57. The van der Waals surface area contributed by atoms with E-state index >= 15 is 0 Å². The van der Waals surface area contributed by atoms with E-state index in [0.717, 1.165) is 29.4 Å². The second-order valence-corrected chi connectivity index (χ2v) is 11.4. The summed E-state index contributed by atoms with van der Waals surface area (Å²) in [4.78, 5) is 5.15. The van der Waals surface area contributed by atoms with Gasteiger partial charge in [-0.05, 0) is 62.1 Å². The van der Waals surface area contributed by atoms with Crippen LogP contribution in [0.5, 0.6) is 0 Å². The Kier molecular flexibility index (Phi) is 8.31. The molecule has 7 nitrogen and oxygen atoms in total. The van der Waals surface area contributed by atoms with E-state index in [9.17, 15) is 8.42 Å². The molecule has 0 spiro atoms. The van der Waals surface area contributed by atoms with Crippen molar-refractivity contribution in [3.05, 3.63) is 53.1 Å². The topological polar surface area (TPSA) is 73.7 Å². The lowest BCUT2D eigenvalue weighted by Gasteiger charge is -2.26. The smallest absolute Gasteiger partial charge is 0.243 e. The molecule has 1 aliphatic heterocycles. The van der Waals surface area contributed by atoms with E-state index in [1.54, 1.807) is 23.9 Å². The summed E-state index contributed by atoms with van der Waals surface area (Å²) in [5, 5.41) is 0.894. The van der Waals surface area contributed by atoms with Crippen molar-refractivity contribution in [1.82, 2.24) is 13.9 Å². The fourth-order valence-corrected chi connectivity index (χ4v) is 6.43. The Balaban J connectivity index is 1.62. The molecule has 1 fully saturated rings. The standard InChI is InChI=1S/C25H33N3O4S2/c1-4-31-13-5-10-28-24-9-8-22(34(29,30)27-11-14-32-15-12-27)17-23(24)26-25(28)33-18-21-7-6-19(2)20(3)16-21/h6-9,16-17H,4-5,10-15,18H2,1-3H3. The second-order valence-electron chi connectivity index (χ2n) is 8.47. The summed E-state index contributed by atoms with van der Waals surface area (Å²) in [6.45, 7) is 9.99. The van der Waals surface area contributed by atoms with E-state index < -0.39 is 10.0 Å². The first-order valence-corrected chi connectivity index (χ1v) is 14.2. The van der Waals surface area contributed by atoms with Crippen LogP contribution in [0.3, 0.4) is 0 Å². The number of hydrogen-bond donors (Lipinski definition) is 0. The van der Waals surface area contributed by atoms with Gasteiger partial charge in [-0.2, -0.15) is 4.31 Å². The highest BCUT2D eigenvalue weighted by molar-refractivity contribution is 7.98. The monoisotopic (exact) mass is 503 g/mol. The van der Waals surface area contributed by atoms with Crippen molar-refractivity contribution in [2.75, 3.05) is 39.5 Å². The number of imidazole rings is 1. The molecule has 1 aromatic heterocycles. The zero-order chi connectivity index (χ0) is 24.1. The van der Waals surface area contributed by atoms with Crippen LogP contribution in [0.15, 0.2) is 46.5 Å². The van der Waals surface area contributed by atoms with Crippen molar-refractivity contribution in [3.63, 3.8) is 0 Å². The molecule has 1 aliphatic rings. The van der Waals surface area contributed by atoms with Gasteiger partial charge >= 0.3 is 0 Å². The van der Waals surface area contributed by atoms with Gasteiger partial charge in [-0.3, -0.25) is 0 Å². The number of nitrogens with zero attached hydrogens (tertiary/aromatic N) is 3. The fraction of sp³-hybridized carbons (Fsp3) is 0.480. The number of aryl methyl sites for hydroxylation is 3. The average Bonchev–Trinajstić information content (AvgIpc) is 3.19. The quantitative estimate of drug-likeness (QED) is 0.302. The first-order valence-electron chi connectivity index (χ1n) is 11.7. The maximum absolute atomic E-state index is 13.2. The summed E-state index contributed by atoms with van der Waals surface area (Å²) in [7, 11) is -3.57. The first kappa shape index (κ1) is 25.2. The summed E-state index contributed by atoms with van der Waals surface area (Å²) < 4.78 is 40.8. The normalized spacial score (nSPS) is 15.3. The van der Waals surface area contributed by atoms with Crippen molar-refractivity contribution in [3.8, 4) is 0 Å². The fourth-order valence-electron chi connectivity index (χ4n) is 4.02. The molecule has 1 saturated heterocycles. The van der Waals surface area contributed by atoms with Gasteiger partial charge in [-0.1, -0.05) is 30.0 Å². The van der Waals surface area contributed by atoms with Gasteiger partial charge < -0.3 is 14.0 Å². The molecule has 34 heavy (non-hydrogen) atoms.